The summed E-state index contributed by atoms with van der Waals surface area (Å²) in [6, 6.07) is -0.639. The summed E-state index contributed by atoms with van der Waals surface area (Å²) in [6.45, 7) is 4.33. The number of rotatable bonds is 63. The van der Waals surface area contributed by atoms with Crippen molar-refractivity contribution in [1.29, 1.82) is 0 Å². The zero-order chi connectivity index (χ0) is 53.4. The van der Waals surface area contributed by atoms with Gasteiger partial charge in [0.1, 0.15) is 0 Å². The predicted molar refractivity (Wildman–Crippen MR) is 331 cm³/mol. The van der Waals surface area contributed by atoms with Crippen LogP contribution in [-0.2, 0) is 4.79 Å². The number of aliphatic hydroxyl groups is 2. The molecule has 4 heteroatoms. The number of carbonyl (C=O) groups is 1. The maximum atomic E-state index is 12.5. The van der Waals surface area contributed by atoms with Gasteiger partial charge in [0, 0.05) is 6.42 Å². The molecule has 0 aliphatic carbocycles. The Bertz CT molecular complexity index is 1170. The average molecular weight is 1040 g/mol. The molecule has 2 unspecified atom stereocenters. The molecule has 0 aromatic heterocycles. The standard InChI is InChI=1S/C70H133NO3/c1-3-5-7-9-11-13-15-17-19-21-23-25-27-29-30-31-32-33-34-35-36-37-38-39-40-42-44-46-48-50-52-54-56-58-60-62-64-66-70(74)71-68(67-72)69(73)65-63-61-59-57-55-53-51-49-47-45-43-41-28-26-24-22-20-18-16-14-12-10-8-6-4-2/h15,17,21,23,55,57,63,65,68-69,72-73H,3-14,16,18-20,22,24-54,56,58-62,64,66-67H2,1-2H3,(H,71,74)/b17-15-,23-21-,57-55+,65-63+. The average Bonchev–Trinajstić information content (AvgIpc) is 3.40. The highest BCUT2D eigenvalue weighted by Crippen LogP contribution is 2.18. The van der Waals surface area contributed by atoms with E-state index < -0.39 is 12.1 Å². The van der Waals surface area contributed by atoms with E-state index in [1.165, 1.54) is 315 Å². The van der Waals surface area contributed by atoms with Gasteiger partial charge in [-0.2, -0.15) is 0 Å². The quantitative estimate of drug-likeness (QED) is 0.0420. The van der Waals surface area contributed by atoms with E-state index in [9.17, 15) is 15.0 Å². The smallest absolute Gasteiger partial charge is 0.220 e. The van der Waals surface area contributed by atoms with Crippen molar-refractivity contribution in [3.63, 3.8) is 0 Å². The summed E-state index contributed by atoms with van der Waals surface area (Å²) in [7, 11) is 0. The van der Waals surface area contributed by atoms with Crippen molar-refractivity contribution in [2.24, 2.45) is 0 Å². The molecule has 2 atom stereocenters. The molecular formula is C70H133NO3. The van der Waals surface area contributed by atoms with E-state index in [2.05, 4.69) is 55.6 Å². The first-order valence-electron chi connectivity index (χ1n) is 33.9. The molecule has 436 valence electrons. The minimum absolute atomic E-state index is 0.0664. The van der Waals surface area contributed by atoms with E-state index in [4.69, 9.17) is 0 Å². The summed E-state index contributed by atoms with van der Waals surface area (Å²) in [5, 5.41) is 23.2. The third kappa shape index (κ3) is 61.2. The Morgan fingerprint density at radius 3 is 0.865 bits per heavy atom. The lowest BCUT2D eigenvalue weighted by molar-refractivity contribution is -0.123. The Labute approximate surface area is 464 Å². The van der Waals surface area contributed by atoms with E-state index in [-0.39, 0.29) is 12.5 Å². The van der Waals surface area contributed by atoms with Gasteiger partial charge in [0.2, 0.25) is 5.91 Å². The van der Waals surface area contributed by atoms with Crippen LogP contribution in [0.25, 0.3) is 0 Å². The number of allylic oxidation sites excluding steroid dienone is 7. The summed E-state index contributed by atoms with van der Waals surface area (Å²) in [4.78, 5) is 12.5. The monoisotopic (exact) mass is 1040 g/mol. The molecule has 1 amide bonds. The molecule has 74 heavy (non-hydrogen) atoms. The van der Waals surface area contributed by atoms with Gasteiger partial charge in [-0.15, -0.1) is 0 Å². The molecule has 0 heterocycles. The highest BCUT2D eigenvalue weighted by atomic mass is 16.3. The molecule has 0 fully saturated rings. The number of nitrogens with one attached hydrogen (secondary N) is 1. The van der Waals surface area contributed by atoms with Gasteiger partial charge < -0.3 is 15.5 Å². The van der Waals surface area contributed by atoms with Gasteiger partial charge in [-0.3, -0.25) is 4.79 Å². The number of hydrogen-bond acceptors (Lipinski definition) is 3. The summed E-state index contributed by atoms with van der Waals surface area (Å²) >= 11 is 0. The SMILES string of the molecule is CCCCCCC/C=C\C/C=C\CCCCCCCCCCCCCCCCCCCCCCCCCCCC(=O)NC(CO)C(O)/C=C/CC/C=C/CCCCCCCCCCCCCCCCCCCCC. The minimum atomic E-state index is -0.863. The van der Waals surface area contributed by atoms with Crippen molar-refractivity contribution in [2.45, 2.75) is 386 Å². The highest BCUT2D eigenvalue weighted by Gasteiger charge is 2.18. The van der Waals surface area contributed by atoms with E-state index in [0.29, 0.717) is 6.42 Å². The maximum Gasteiger partial charge on any atom is 0.220 e. The first kappa shape index (κ1) is 72.3. The van der Waals surface area contributed by atoms with Crippen LogP contribution >= 0.6 is 0 Å². The van der Waals surface area contributed by atoms with Crippen LogP contribution in [0.2, 0.25) is 0 Å². The molecular weight excluding hydrogens is 903 g/mol. The molecule has 0 radical (unpaired) electrons. The molecule has 0 spiro atoms. The first-order chi connectivity index (χ1) is 36.7. The molecule has 0 rings (SSSR count). The van der Waals surface area contributed by atoms with Gasteiger partial charge in [-0.25, -0.2) is 0 Å². The Balaban J connectivity index is 3.44. The molecule has 0 aromatic rings. The highest BCUT2D eigenvalue weighted by molar-refractivity contribution is 5.76. The topological polar surface area (TPSA) is 69.6 Å². The van der Waals surface area contributed by atoms with Crippen LogP contribution in [0.1, 0.15) is 373 Å². The molecule has 4 nitrogen and oxygen atoms in total. The molecule has 0 saturated carbocycles. The number of aliphatic hydroxyl groups excluding tert-OH is 2. The van der Waals surface area contributed by atoms with Crippen molar-refractivity contribution < 1.29 is 15.0 Å². The van der Waals surface area contributed by atoms with Crippen molar-refractivity contribution in [3.8, 4) is 0 Å². The van der Waals surface area contributed by atoms with Crippen molar-refractivity contribution in [3.05, 3.63) is 48.6 Å². The summed E-state index contributed by atoms with van der Waals surface area (Å²) < 4.78 is 0. The molecule has 0 saturated heterocycles. The fourth-order valence-electron chi connectivity index (χ4n) is 10.6. The molecule has 0 aliphatic rings. The predicted octanol–water partition coefficient (Wildman–Crippen LogP) is 22.9. The van der Waals surface area contributed by atoms with Crippen molar-refractivity contribution in [2.75, 3.05) is 6.61 Å². The summed E-state index contributed by atoms with van der Waals surface area (Å²) in [5.41, 5.74) is 0. The van der Waals surface area contributed by atoms with Gasteiger partial charge in [0.15, 0.2) is 0 Å². The Morgan fingerprint density at radius 1 is 0.324 bits per heavy atom. The summed E-state index contributed by atoms with van der Waals surface area (Å²) in [5.74, 6) is -0.0664. The largest absolute Gasteiger partial charge is 0.394 e. The third-order valence-corrected chi connectivity index (χ3v) is 15.8. The molecule has 0 aromatic carbocycles. The van der Waals surface area contributed by atoms with Gasteiger partial charge in [-0.1, -0.05) is 351 Å². The Morgan fingerprint density at radius 2 is 0.568 bits per heavy atom. The van der Waals surface area contributed by atoms with Gasteiger partial charge >= 0.3 is 0 Å². The van der Waals surface area contributed by atoms with Gasteiger partial charge in [0.25, 0.3) is 0 Å². The second-order valence-corrected chi connectivity index (χ2v) is 23.2. The number of hydrogen-bond donors (Lipinski definition) is 3. The number of amides is 1. The van der Waals surface area contributed by atoms with Gasteiger partial charge in [0.05, 0.1) is 18.8 Å². The van der Waals surface area contributed by atoms with E-state index in [1.54, 1.807) is 6.08 Å². The lowest BCUT2D eigenvalue weighted by Crippen LogP contribution is -2.45. The summed E-state index contributed by atoms with van der Waals surface area (Å²) in [6.07, 6.45) is 92.0. The van der Waals surface area contributed by atoms with E-state index >= 15 is 0 Å². The van der Waals surface area contributed by atoms with Crippen LogP contribution in [0, 0.1) is 0 Å². The molecule has 0 bridgehead atoms. The van der Waals surface area contributed by atoms with E-state index in [1.807, 2.05) is 6.08 Å². The second-order valence-electron chi connectivity index (χ2n) is 23.2. The van der Waals surface area contributed by atoms with Crippen LogP contribution in [0.3, 0.4) is 0 Å². The van der Waals surface area contributed by atoms with Crippen molar-refractivity contribution >= 4 is 5.91 Å². The first-order valence-corrected chi connectivity index (χ1v) is 33.9. The zero-order valence-electron chi connectivity index (χ0n) is 50.4. The van der Waals surface area contributed by atoms with Crippen LogP contribution < -0.4 is 5.32 Å². The fourth-order valence-corrected chi connectivity index (χ4v) is 10.6. The number of unbranched alkanes of at least 4 members (excludes halogenated alkanes) is 50. The lowest BCUT2D eigenvalue weighted by Gasteiger charge is -2.19. The Kier molecular flexibility index (Phi) is 64.2. The van der Waals surface area contributed by atoms with Crippen LogP contribution in [0.4, 0.5) is 0 Å². The Hall–Kier alpha value is -1.65. The molecule has 3 N–H and O–H groups in total. The maximum absolute atomic E-state index is 12.5. The second kappa shape index (κ2) is 65.6. The van der Waals surface area contributed by atoms with E-state index in [0.717, 1.165) is 38.5 Å². The van der Waals surface area contributed by atoms with Gasteiger partial charge in [-0.05, 0) is 64.2 Å². The van der Waals surface area contributed by atoms with Crippen LogP contribution in [0.5, 0.6) is 0 Å². The lowest BCUT2D eigenvalue weighted by atomic mass is 10.0. The zero-order valence-corrected chi connectivity index (χ0v) is 50.4. The van der Waals surface area contributed by atoms with Crippen LogP contribution in [-0.4, -0.2) is 34.9 Å². The third-order valence-electron chi connectivity index (χ3n) is 15.8. The normalized spacial score (nSPS) is 13.0. The van der Waals surface area contributed by atoms with Crippen LogP contribution in [0.15, 0.2) is 48.6 Å². The fraction of sp³-hybridized carbons (Fsp3) is 0.871. The van der Waals surface area contributed by atoms with Crippen molar-refractivity contribution in [1.82, 2.24) is 5.32 Å². The minimum Gasteiger partial charge on any atom is -0.394 e. The number of carbonyl (C=O) groups excluding carboxylic acids is 1. The molecule has 0 aliphatic heterocycles.